The summed E-state index contributed by atoms with van der Waals surface area (Å²) in [7, 11) is -2.69. The van der Waals surface area contributed by atoms with E-state index < -0.39 is 69.9 Å². The lowest BCUT2D eigenvalue weighted by Crippen LogP contribution is -2.50. The van der Waals surface area contributed by atoms with E-state index in [1.807, 2.05) is 19.2 Å². The van der Waals surface area contributed by atoms with Gasteiger partial charge < -0.3 is 23.5 Å². The van der Waals surface area contributed by atoms with E-state index in [0.29, 0.717) is 18.7 Å². The van der Waals surface area contributed by atoms with Gasteiger partial charge in [-0.3, -0.25) is 38.0 Å². The fourth-order valence-electron chi connectivity index (χ4n) is 6.51. The van der Waals surface area contributed by atoms with E-state index in [9.17, 15) is 24.7 Å². The van der Waals surface area contributed by atoms with Crippen molar-refractivity contribution in [3.05, 3.63) is 34.8 Å². The first kappa shape index (κ1) is 45.4. The molecule has 0 radical (unpaired) electrons. The molecule has 3 N–H and O–H groups in total. The van der Waals surface area contributed by atoms with Gasteiger partial charge in [0.25, 0.3) is 5.56 Å². The lowest BCUT2D eigenvalue weighted by atomic mass is 10.1. The number of amides is 1. The normalized spacial score (nSPS) is 30.4. The molecule has 6 rings (SSSR count). The van der Waals surface area contributed by atoms with Crippen molar-refractivity contribution in [1.82, 2.24) is 29.5 Å². The minimum atomic E-state index is -4.13. The predicted octanol–water partition coefficient (Wildman–Crippen LogP) is 5.56. The third-order valence-corrected chi connectivity index (χ3v) is 19.1. The van der Waals surface area contributed by atoms with Gasteiger partial charge in [0.1, 0.15) is 42.1 Å². The molecule has 9 atom stereocenters. The Labute approximate surface area is 352 Å². The minimum absolute atomic E-state index is 0.0239. The zero-order valence-corrected chi connectivity index (χ0v) is 38.1. The molecule has 2 bridgehead atoms. The van der Waals surface area contributed by atoms with Crippen LogP contribution in [0.25, 0.3) is 11.2 Å². The summed E-state index contributed by atoms with van der Waals surface area (Å²) >= 11 is 10.5. The summed E-state index contributed by atoms with van der Waals surface area (Å²) in [5, 5.41) is 24.6. The Morgan fingerprint density at radius 2 is 1.95 bits per heavy atom. The molecule has 320 valence electrons. The number of thiol groups is 1. The number of carbonyl (C=O) groups is 1. The van der Waals surface area contributed by atoms with Crippen LogP contribution in [0, 0.1) is 34.5 Å². The van der Waals surface area contributed by atoms with Gasteiger partial charge in [0.2, 0.25) is 11.9 Å². The molecule has 5 heterocycles. The van der Waals surface area contributed by atoms with Crippen LogP contribution in [-0.4, -0.2) is 94.0 Å². The van der Waals surface area contributed by atoms with Crippen LogP contribution in [0.3, 0.4) is 0 Å². The second-order valence-electron chi connectivity index (χ2n) is 16.2. The van der Waals surface area contributed by atoms with Crippen molar-refractivity contribution in [1.29, 1.82) is 10.5 Å². The number of hydrogen-bond donors (Lipinski definition) is 4. The number of H-pyrrole nitrogens is 1. The molecule has 1 aliphatic carbocycles. The molecule has 1 amide bonds. The van der Waals surface area contributed by atoms with Gasteiger partial charge in [-0.15, -0.1) is 0 Å². The topological polar surface area (TPSA) is 260 Å². The Balaban J connectivity index is 1.42. The van der Waals surface area contributed by atoms with Crippen molar-refractivity contribution in [2.24, 2.45) is 11.8 Å². The summed E-state index contributed by atoms with van der Waals surface area (Å²) in [6, 6.07) is 3.80. The average molecular weight is 911 g/mol. The molecule has 3 fully saturated rings. The van der Waals surface area contributed by atoms with E-state index in [1.165, 1.54) is 23.4 Å². The van der Waals surface area contributed by atoms with E-state index in [2.05, 4.69) is 74.6 Å². The van der Waals surface area contributed by atoms with Crippen molar-refractivity contribution >= 4 is 74.7 Å². The zero-order chi connectivity index (χ0) is 42.9. The fourth-order valence-corrected chi connectivity index (χ4v) is 11.5. The number of fused-ring (bicyclic) bond motifs is 4. The predicted molar refractivity (Wildman–Crippen MR) is 223 cm³/mol. The van der Waals surface area contributed by atoms with Crippen molar-refractivity contribution in [3.8, 4) is 12.1 Å². The van der Waals surface area contributed by atoms with Crippen LogP contribution in [0.2, 0.25) is 18.1 Å². The highest BCUT2D eigenvalue weighted by molar-refractivity contribution is 8.44. The number of aromatic nitrogens is 6. The van der Waals surface area contributed by atoms with Crippen molar-refractivity contribution < 1.29 is 41.1 Å². The smallest absolute Gasteiger partial charge is 0.386 e. The molecule has 0 spiro atoms. The maximum Gasteiger partial charge on any atom is 0.386 e. The molecular weight excluding hydrogens is 863 g/mol. The molecule has 0 unspecified atom stereocenters. The van der Waals surface area contributed by atoms with Gasteiger partial charge in [-0.1, -0.05) is 46.9 Å². The SMILES string of the molecule is CC(C)C(=O)Nc1nc2c(ncn2[C@@H]2O[C@@H]3CO[P@](=O)(S)O[C@H]4C[C@H](Nc5ncncc5C#N)C[C@@H]4CO[P@@](=S)(OCCC#N)O[C@@H]2[C@@H]3O[Si](C)(C)C(C)(C)C)c(=O)[nH]1. The summed E-state index contributed by atoms with van der Waals surface area (Å²) in [5.41, 5.74) is -0.396. The highest BCUT2D eigenvalue weighted by atomic mass is 32.7. The highest BCUT2D eigenvalue weighted by Crippen LogP contribution is 2.60. The largest absolute Gasteiger partial charge is 0.408 e. The first-order chi connectivity index (χ1) is 27.7. The fraction of sp³-hybridized carbons (Fsp3) is 0.647. The summed E-state index contributed by atoms with van der Waals surface area (Å²) in [4.78, 5) is 45.4. The third-order valence-electron chi connectivity index (χ3n) is 10.6. The van der Waals surface area contributed by atoms with Gasteiger partial charge in [-0.05, 0) is 42.8 Å². The number of anilines is 2. The molecule has 59 heavy (non-hydrogen) atoms. The van der Waals surface area contributed by atoms with Gasteiger partial charge in [0, 0.05) is 17.9 Å². The molecule has 25 heteroatoms. The Morgan fingerprint density at radius 3 is 2.64 bits per heavy atom. The van der Waals surface area contributed by atoms with Crippen LogP contribution >= 0.6 is 25.8 Å². The van der Waals surface area contributed by atoms with E-state index >= 15 is 0 Å². The molecule has 3 aromatic rings. The number of ether oxygens (including phenoxy) is 1. The minimum Gasteiger partial charge on any atom is -0.408 e. The number of aromatic amines is 1. The molecule has 3 aliphatic rings. The van der Waals surface area contributed by atoms with Gasteiger partial charge in [-0.2, -0.15) is 15.5 Å². The Hall–Kier alpha value is -3.15. The lowest BCUT2D eigenvalue weighted by Gasteiger charge is -2.41. The van der Waals surface area contributed by atoms with Crippen molar-refractivity contribution in [2.45, 2.75) is 109 Å². The Kier molecular flexibility index (Phi) is 13.9. The number of nitrogens with one attached hydrogen (secondary N) is 3. The number of nitrogens with zero attached hydrogens (tertiary/aromatic N) is 7. The van der Waals surface area contributed by atoms with Crippen LogP contribution in [-0.2, 0) is 52.9 Å². The van der Waals surface area contributed by atoms with Gasteiger partial charge in [0.15, 0.2) is 25.7 Å². The maximum absolute atomic E-state index is 14.1. The molecule has 2 saturated heterocycles. The maximum atomic E-state index is 14.1. The molecule has 0 aromatic carbocycles. The summed E-state index contributed by atoms with van der Waals surface area (Å²) in [6.07, 6.45) is -0.326. The molecule has 1 saturated carbocycles. The van der Waals surface area contributed by atoms with Crippen molar-refractivity contribution in [3.63, 3.8) is 0 Å². The van der Waals surface area contributed by atoms with E-state index in [0.717, 1.165) is 0 Å². The van der Waals surface area contributed by atoms with Crippen molar-refractivity contribution in [2.75, 3.05) is 30.5 Å². The van der Waals surface area contributed by atoms with E-state index in [4.69, 9.17) is 43.6 Å². The van der Waals surface area contributed by atoms with Gasteiger partial charge >= 0.3 is 13.5 Å². The number of hydrogen-bond acceptors (Lipinski definition) is 18. The van der Waals surface area contributed by atoms with Crippen LogP contribution < -0.4 is 16.2 Å². The first-order valence-corrected chi connectivity index (χ1v) is 27.1. The van der Waals surface area contributed by atoms with Gasteiger partial charge in [-0.25, -0.2) is 19.5 Å². The molecule has 20 nitrogen and oxygen atoms in total. The van der Waals surface area contributed by atoms with Gasteiger partial charge in [0.05, 0.1) is 50.9 Å². The lowest BCUT2D eigenvalue weighted by molar-refractivity contribution is -0.118. The molecule has 2 aliphatic heterocycles. The van der Waals surface area contributed by atoms with Crippen LogP contribution in [0.15, 0.2) is 23.6 Å². The monoisotopic (exact) mass is 910 g/mol. The van der Waals surface area contributed by atoms with Crippen LogP contribution in [0.4, 0.5) is 11.8 Å². The van der Waals surface area contributed by atoms with E-state index in [-0.39, 0.29) is 65.9 Å². The quantitative estimate of drug-likeness (QED) is 0.0839. The summed E-state index contributed by atoms with van der Waals surface area (Å²) in [6.45, 7) is 5.10. The molecule has 3 aromatic heterocycles. The molecular formula is C34H48N10O10P2S2Si. The number of rotatable bonds is 10. The Morgan fingerprint density at radius 1 is 1.19 bits per heavy atom. The van der Waals surface area contributed by atoms with E-state index in [1.54, 1.807) is 13.8 Å². The second kappa shape index (κ2) is 18.1. The first-order valence-electron chi connectivity index (χ1n) is 18.9. The zero-order valence-electron chi connectivity index (χ0n) is 33.6. The van der Waals surface area contributed by atoms with Crippen LogP contribution in [0.5, 0.6) is 0 Å². The second-order valence-corrected chi connectivity index (χ2v) is 26.8. The van der Waals surface area contributed by atoms with Crippen LogP contribution in [0.1, 0.15) is 65.7 Å². The summed E-state index contributed by atoms with van der Waals surface area (Å²) < 4.78 is 60.8. The summed E-state index contributed by atoms with van der Waals surface area (Å²) in [5.74, 6) is -1.04. The third kappa shape index (κ3) is 10.5. The highest BCUT2D eigenvalue weighted by Gasteiger charge is 2.55. The standard InChI is InChI=1S/C34H48N10O10P2S2Si/c1-19(2)30(45)42-33-41-29-25(31(46)43-33)39-18-44(29)32-27-26(54-59(6,7)34(3,4)5)24(51-32)16-49-55(47,57)52-23-12-22(40-28-21(13-36)14-37-17-38-28)11-20(23)15-50-56(58,53-27)48-10-8-9-35/h14,17-20,22-24,26-27,32H,8,10-12,15-16H2,1-7H3,(H,47,57)(H,37,38,40)(H2,41,42,43,45,46)/t20-,22-,23+,24-,26-,27-,32-,55+,56+/m1/s1. The number of nitriles is 2. The Bertz CT molecular complexity index is 2280. The number of carbonyl (C=O) groups excluding carboxylic acids is 1. The number of imidazole rings is 1. The average Bonchev–Trinajstić information content (AvgIpc) is 3.84.